The van der Waals surface area contributed by atoms with Crippen LogP contribution >= 0.6 is 11.3 Å². The molecule has 1 heterocycles. The Hall–Kier alpha value is -2.08. The first-order valence-corrected chi connectivity index (χ1v) is 6.68. The summed E-state index contributed by atoms with van der Waals surface area (Å²) >= 11 is 1.39. The van der Waals surface area contributed by atoms with Crippen LogP contribution in [-0.4, -0.2) is 24.0 Å². The first-order chi connectivity index (χ1) is 9.19. The molecule has 1 aromatic heterocycles. The molecule has 2 aromatic rings. The third-order valence-electron chi connectivity index (χ3n) is 2.53. The van der Waals surface area contributed by atoms with Crippen LogP contribution in [0.3, 0.4) is 0 Å². The van der Waals surface area contributed by atoms with Crippen molar-refractivity contribution < 1.29 is 9.53 Å². The summed E-state index contributed by atoms with van der Waals surface area (Å²) in [6.45, 7) is 1.80. The Morgan fingerprint density at radius 2 is 2.11 bits per heavy atom. The van der Waals surface area contributed by atoms with E-state index in [4.69, 9.17) is 4.74 Å². The minimum Gasteiger partial charge on any atom is -0.497 e. The van der Waals surface area contributed by atoms with Gasteiger partial charge in [-0.05, 0) is 31.2 Å². The summed E-state index contributed by atoms with van der Waals surface area (Å²) in [5, 5.41) is 8.28. The van der Waals surface area contributed by atoms with Crippen molar-refractivity contribution in [3.63, 3.8) is 0 Å². The van der Waals surface area contributed by atoms with Gasteiger partial charge >= 0.3 is 0 Å². The fourth-order valence-electron chi connectivity index (χ4n) is 1.50. The number of hydrogen-bond acceptors (Lipinski definition) is 5. The number of carbonyl (C=O) groups excluding carboxylic acids is 1. The largest absolute Gasteiger partial charge is 0.497 e. The van der Waals surface area contributed by atoms with Gasteiger partial charge in [-0.15, -0.1) is 11.3 Å². The molecule has 2 rings (SSSR count). The molecule has 5 nitrogen and oxygen atoms in total. The monoisotopic (exact) mass is 277 g/mol. The normalized spacial score (nSPS) is 11.7. The number of nitrogens with one attached hydrogen (secondary N) is 2. The molecule has 0 spiro atoms. The van der Waals surface area contributed by atoms with E-state index in [1.54, 1.807) is 20.2 Å². The Kier molecular flexibility index (Phi) is 4.35. The van der Waals surface area contributed by atoms with E-state index < -0.39 is 0 Å². The zero-order valence-electron chi connectivity index (χ0n) is 10.7. The summed E-state index contributed by atoms with van der Waals surface area (Å²) in [5.41, 5.74) is 0.864. The smallest absolute Gasteiger partial charge is 0.248 e. The molecule has 0 radical (unpaired) electrons. The average molecular weight is 277 g/mol. The summed E-state index contributed by atoms with van der Waals surface area (Å²) < 4.78 is 5.08. The van der Waals surface area contributed by atoms with Gasteiger partial charge in [0.05, 0.1) is 7.11 Å². The molecule has 0 aliphatic heterocycles. The number of rotatable bonds is 5. The molecular weight excluding hydrogens is 262 g/mol. The number of aromatic nitrogens is 1. The molecule has 0 aliphatic carbocycles. The second kappa shape index (κ2) is 6.19. The standard InChI is InChI=1S/C13H15N3O2S/c1-9(12(17)16-13-14-7-8-19-13)15-10-3-5-11(18-2)6-4-10/h3-9,15H,1-2H3,(H,14,16,17)/t9-/m1/s1. The molecule has 100 valence electrons. The molecule has 1 aromatic carbocycles. The van der Waals surface area contributed by atoms with Gasteiger partial charge in [0.1, 0.15) is 11.8 Å². The predicted octanol–water partition coefficient (Wildman–Crippen LogP) is 2.59. The number of thiazole rings is 1. The van der Waals surface area contributed by atoms with Gasteiger partial charge in [-0.3, -0.25) is 4.79 Å². The van der Waals surface area contributed by atoms with Crippen LogP contribution in [0, 0.1) is 0 Å². The number of methoxy groups -OCH3 is 1. The summed E-state index contributed by atoms with van der Waals surface area (Å²) in [6.07, 6.45) is 1.65. The van der Waals surface area contributed by atoms with Crippen LogP contribution in [0.4, 0.5) is 10.8 Å². The number of ether oxygens (including phenoxy) is 1. The molecule has 0 bridgehead atoms. The molecule has 0 saturated heterocycles. The van der Waals surface area contributed by atoms with Crippen LogP contribution < -0.4 is 15.4 Å². The summed E-state index contributed by atoms with van der Waals surface area (Å²) in [4.78, 5) is 15.9. The van der Waals surface area contributed by atoms with E-state index in [2.05, 4.69) is 15.6 Å². The van der Waals surface area contributed by atoms with Crippen molar-refractivity contribution in [2.45, 2.75) is 13.0 Å². The Bertz CT molecular complexity index is 525. The topological polar surface area (TPSA) is 63.2 Å². The van der Waals surface area contributed by atoms with Crippen LogP contribution in [0.2, 0.25) is 0 Å². The zero-order chi connectivity index (χ0) is 13.7. The van der Waals surface area contributed by atoms with Crippen LogP contribution in [0.5, 0.6) is 5.75 Å². The van der Waals surface area contributed by atoms with Gasteiger partial charge in [-0.1, -0.05) is 0 Å². The first-order valence-electron chi connectivity index (χ1n) is 5.80. The van der Waals surface area contributed by atoms with E-state index in [0.29, 0.717) is 5.13 Å². The molecule has 1 atom stereocenters. The van der Waals surface area contributed by atoms with Gasteiger partial charge in [0, 0.05) is 17.3 Å². The van der Waals surface area contributed by atoms with Crippen molar-refractivity contribution in [1.29, 1.82) is 0 Å². The Morgan fingerprint density at radius 1 is 1.37 bits per heavy atom. The summed E-state index contributed by atoms with van der Waals surface area (Å²) in [6, 6.07) is 7.07. The highest BCUT2D eigenvalue weighted by atomic mass is 32.1. The second-order valence-electron chi connectivity index (χ2n) is 3.92. The minimum atomic E-state index is -0.350. The molecule has 1 amide bonds. The average Bonchev–Trinajstić information content (AvgIpc) is 2.92. The highest BCUT2D eigenvalue weighted by Crippen LogP contribution is 2.16. The van der Waals surface area contributed by atoms with Gasteiger partial charge in [-0.25, -0.2) is 4.98 Å². The third-order valence-corrected chi connectivity index (χ3v) is 3.22. The molecule has 0 saturated carbocycles. The lowest BCUT2D eigenvalue weighted by Gasteiger charge is -2.14. The molecular formula is C13H15N3O2S. The van der Waals surface area contributed by atoms with E-state index >= 15 is 0 Å². The van der Waals surface area contributed by atoms with Gasteiger partial charge in [0.25, 0.3) is 0 Å². The van der Waals surface area contributed by atoms with Crippen LogP contribution in [-0.2, 0) is 4.79 Å². The number of amides is 1. The highest BCUT2D eigenvalue weighted by Gasteiger charge is 2.13. The highest BCUT2D eigenvalue weighted by molar-refractivity contribution is 7.13. The quantitative estimate of drug-likeness (QED) is 0.881. The fourth-order valence-corrected chi connectivity index (χ4v) is 2.03. The maximum Gasteiger partial charge on any atom is 0.248 e. The minimum absolute atomic E-state index is 0.120. The number of benzene rings is 1. The maximum atomic E-state index is 11.9. The van der Waals surface area contributed by atoms with E-state index in [1.807, 2.05) is 29.6 Å². The lowest BCUT2D eigenvalue weighted by molar-refractivity contribution is -0.116. The van der Waals surface area contributed by atoms with Crippen LogP contribution in [0.25, 0.3) is 0 Å². The van der Waals surface area contributed by atoms with Crippen LogP contribution in [0.15, 0.2) is 35.8 Å². The number of anilines is 2. The lowest BCUT2D eigenvalue weighted by Crippen LogP contribution is -2.31. The SMILES string of the molecule is COc1ccc(N[C@H](C)C(=O)Nc2nccs2)cc1. The van der Waals surface area contributed by atoms with Gasteiger partial charge < -0.3 is 15.4 Å². The molecule has 19 heavy (non-hydrogen) atoms. The number of hydrogen-bond donors (Lipinski definition) is 2. The van der Waals surface area contributed by atoms with E-state index in [0.717, 1.165) is 11.4 Å². The lowest BCUT2D eigenvalue weighted by atomic mass is 10.2. The van der Waals surface area contributed by atoms with Crippen molar-refractivity contribution in [2.24, 2.45) is 0 Å². The molecule has 0 aliphatic rings. The molecule has 0 fully saturated rings. The maximum absolute atomic E-state index is 11.9. The number of carbonyl (C=O) groups is 1. The summed E-state index contributed by atoms with van der Waals surface area (Å²) in [7, 11) is 1.62. The van der Waals surface area contributed by atoms with Crippen LogP contribution in [0.1, 0.15) is 6.92 Å². The zero-order valence-corrected chi connectivity index (χ0v) is 11.5. The Balaban J connectivity index is 1.92. The fraction of sp³-hybridized carbons (Fsp3) is 0.231. The van der Waals surface area contributed by atoms with Crippen molar-refractivity contribution in [1.82, 2.24) is 4.98 Å². The Morgan fingerprint density at radius 3 is 2.68 bits per heavy atom. The number of nitrogens with zero attached hydrogens (tertiary/aromatic N) is 1. The van der Waals surface area contributed by atoms with Crippen molar-refractivity contribution in [2.75, 3.05) is 17.7 Å². The van der Waals surface area contributed by atoms with Crippen molar-refractivity contribution in [3.8, 4) is 5.75 Å². The molecule has 2 N–H and O–H groups in total. The molecule has 6 heteroatoms. The Labute approximate surface area is 115 Å². The van der Waals surface area contributed by atoms with Gasteiger partial charge in [0.2, 0.25) is 5.91 Å². The van der Waals surface area contributed by atoms with Crippen molar-refractivity contribution in [3.05, 3.63) is 35.8 Å². The van der Waals surface area contributed by atoms with E-state index in [-0.39, 0.29) is 11.9 Å². The third kappa shape index (κ3) is 3.69. The van der Waals surface area contributed by atoms with E-state index in [9.17, 15) is 4.79 Å². The van der Waals surface area contributed by atoms with Crippen molar-refractivity contribution >= 4 is 28.1 Å². The van der Waals surface area contributed by atoms with Gasteiger partial charge in [-0.2, -0.15) is 0 Å². The second-order valence-corrected chi connectivity index (χ2v) is 4.82. The van der Waals surface area contributed by atoms with E-state index in [1.165, 1.54) is 11.3 Å². The summed E-state index contributed by atoms with van der Waals surface area (Å²) in [5.74, 6) is 0.663. The predicted molar refractivity (Wildman–Crippen MR) is 76.8 cm³/mol. The first kappa shape index (κ1) is 13.4. The van der Waals surface area contributed by atoms with Gasteiger partial charge in [0.15, 0.2) is 5.13 Å². The molecule has 0 unspecified atom stereocenters.